The number of fused-ring (bicyclic) bond motifs is 1. The van der Waals surface area contributed by atoms with Crippen LogP contribution in [-0.2, 0) is 26.2 Å². The number of nitrogens with one attached hydrogen (secondary N) is 1. The Morgan fingerprint density at radius 2 is 1.69 bits per heavy atom. The second kappa shape index (κ2) is 8.93. The summed E-state index contributed by atoms with van der Waals surface area (Å²) in [6.45, 7) is 2.20. The van der Waals surface area contributed by atoms with Gasteiger partial charge in [0, 0.05) is 44.7 Å². The van der Waals surface area contributed by atoms with Gasteiger partial charge in [0.05, 0.1) is 5.69 Å². The van der Waals surface area contributed by atoms with Gasteiger partial charge in [-0.2, -0.15) is 4.31 Å². The molecule has 190 valence electrons. The molecule has 1 N–H and O–H groups in total. The minimum atomic E-state index is -4.05. The molecule has 5 rings (SSSR count). The van der Waals surface area contributed by atoms with Gasteiger partial charge in [0.1, 0.15) is 22.6 Å². The lowest BCUT2D eigenvalue weighted by Gasteiger charge is -2.35. The average molecular weight is 519 g/mol. The van der Waals surface area contributed by atoms with E-state index in [9.17, 15) is 27.2 Å². The number of benzene rings is 2. The first kappa shape index (κ1) is 24.3. The molecular formula is C24H24F2N4O5S. The highest BCUT2D eigenvalue weighted by molar-refractivity contribution is 7.89. The lowest BCUT2D eigenvalue weighted by Crippen LogP contribution is -2.52. The van der Waals surface area contributed by atoms with Crippen LogP contribution in [0.5, 0.6) is 0 Å². The topological polar surface area (TPSA) is 107 Å². The Labute approximate surface area is 206 Å². The van der Waals surface area contributed by atoms with Crippen LogP contribution < -0.4 is 10.2 Å². The molecule has 3 aliphatic heterocycles. The van der Waals surface area contributed by atoms with E-state index in [-0.39, 0.29) is 67.6 Å². The summed E-state index contributed by atoms with van der Waals surface area (Å²) in [5.41, 5.74) is 1.57. The Morgan fingerprint density at radius 3 is 2.39 bits per heavy atom. The van der Waals surface area contributed by atoms with Crippen molar-refractivity contribution in [1.29, 1.82) is 0 Å². The molecule has 0 spiro atoms. The highest BCUT2D eigenvalue weighted by Gasteiger charge is 2.40. The van der Waals surface area contributed by atoms with Crippen LogP contribution in [0.25, 0.3) is 0 Å². The molecule has 0 aromatic heterocycles. The van der Waals surface area contributed by atoms with E-state index in [1.54, 1.807) is 17.9 Å². The predicted molar refractivity (Wildman–Crippen MR) is 125 cm³/mol. The molecule has 3 heterocycles. The van der Waals surface area contributed by atoms with E-state index in [2.05, 4.69) is 5.32 Å². The fraction of sp³-hybridized carbons (Fsp3) is 0.375. The number of hydrogen-bond donors (Lipinski definition) is 1. The molecule has 9 nitrogen and oxygen atoms in total. The van der Waals surface area contributed by atoms with E-state index in [1.165, 1.54) is 21.3 Å². The molecule has 12 heteroatoms. The Kier molecular flexibility index (Phi) is 6.03. The number of anilines is 1. The minimum Gasteiger partial charge on any atom is -0.367 e. The largest absolute Gasteiger partial charge is 0.367 e. The maximum Gasteiger partial charge on any atom is 0.255 e. The van der Waals surface area contributed by atoms with Gasteiger partial charge in [-0.1, -0.05) is 6.07 Å². The zero-order valence-corrected chi connectivity index (χ0v) is 20.3. The van der Waals surface area contributed by atoms with Crippen molar-refractivity contribution < 1.29 is 31.6 Å². The molecule has 1 unspecified atom stereocenters. The van der Waals surface area contributed by atoms with Crippen LogP contribution in [0.15, 0.2) is 35.2 Å². The Bertz CT molecular complexity index is 1390. The van der Waals surface area contributed by atoms with Crippen molar-refractivity contribution in [2.75, 3.05) is 31.1 Å². The van der Waals surface area contributed by atoms with E-state index < -0.39 is 39.5 Å². The average Bonchev–Trinajstić information content (AvgIpc) is 3.15. The maximum absolute atomic E-state index is 15.1. The first-order valence-electron chi connectivity index (χ1n) is 11.5. The summed E-state index contributed by atoms with van der Waals surface area (Å²) in [6.07, 6.45) is 0.327. The summed E-state index contributed by atoms with van der Waals surface area (Å²) in [6, 6.07) is 5.81. The first-order valence-corrected chi connectivity index (χ1v) is 13.0. The van der Waals surface area contributed by atoms with Crippen molar-refractivity contribution >= 4 is 33.4 Å². The fourth-order valence-corrected chi connectivity index (χ4v) is 6.51. The van der Waals surface area contributed by atoms with Crippen molar-refractivity contribution in [2.45, 2.75) is 37.2 Å². The van der Waals surface area contributed by atoms with Gasteiger partial charge in [-0.3, -0.25) is 19.7 Å². The zero-order chi connectivity index (χ0) is 25.8. The van der Waals surface area contributed by atoms with Crippen LogP contribution in [0.1, 0.15) is 34.3 Å². The van der Waals surface area contributed by atoms with Gasteiger partial charge in [-0.25, -0.2) is 17.2 Å². The van der Waals surface area contributed by atoms with Gasteiger partial charge in [0.15, 0.2) is 0 Å². The summed E-state index contributed by atoms with van der Waals surface area (Å²) in [5, 5.41) is 2.23. The third-order valence-corrected chi connectivity index (χ3v) is 8.79. The van der Waals surface area contributed by atoms with Crippen LogP contribution in [-0.4, -0.2) is 67.6 Å². The van der Waals surface area contributed by atoms with Crippen molar-refractivity contribution in [2.24, 2.45) is 0 Å². The molecule has 3 amide bonds. The number of carbonyl (C=O) groups excluding carboxylic acids is 3. The summed E-state index contributed by atoms with van der Waals surface area (Å²) in [4.78, 5) is 39.2. The number of halogens is 2. The number of hydrogen-bond acceptors (Lipinski definition) is 6. The number of rotatable bonds is 4. The molecule has 2 aromatic rings. The maximum atomic E-state index is 15.1. The molecule has 3 aliphatic rings. The van der Waals surface area contributed by atoms with Crippen LogP contribution in [0.3, 0.4) is 0 Å². The second-order valence-electron chi connectivity index (χ2n) is 9.19. The number of nitrogens with zero attached hydrogens (tertiary/aromatic N) is 3. The van der Waals surface area contributed by atoms with Crippen molar-refractivity contribution in [3.05, 3.63) is 58.7 Å². The van der Waals surface area contributed by atoms with Gasteiger partial charge in [-0.15, -0.1) is 0 Å². The normalized spacial score (nSPS) is 21.1. The number of carbonyl (C=O) groups is 3. The van der Waals surface area contributed by atoms with Gasteiger partial charge >= 0.3 is 0 Å². The number of piperidine rings is 1. The number of piperazine rings is 1. The monoisotopic (exact) mass is 518 g/mol. The molecule has 36 heavy (non-hydrogen) atoms. The van der Waals surface area contributed by atoms with Crippen LogP contribution >= 0.6 is 0 Å². The predicted octanol–water partition coefficient (Wildman–Crippen LogP) is 1.55. The lowest BCUT2D eigenvalue weighted by atomic mass is 10.0. The summed E-state index contributed by atoms with van der Waals surface area (Å²) in [7, 11) is -4.05. The minimum absolute atomic E-state index is 0.0353. The molecular weight excluding hydrogens is 494 g/mol. The Morgan fingerprint density at radius 1 is 0.972 bits per heavy atom. The smallest absolute Gasteiger partial charge is 0.255 e. The van der Waals surface area contributed by atoms with Crippen LogP contribution in [0.2, 0.25) is 0 Å². The third-order valence-electron chi connectivity index (χ3n) is 6.87. The SMILES string of the molecule is Cc1ccc(F)c(S(=O)(=O)N2CCN(c3cc4c(cc3F)C(=O)N(C3CCC(=O)NC3=O)C4)CC2)c1. The summed E-state index contributed by atoms with van der Waals surface area (Å²) >= 11 is 0. The van der Waals surface area contributed by atoms with Crippen LogP contribution in [0, 0.1) is 18.6 Å². The third kappa shape index (κ3) is 4.13. The number of aryl methyl sites for hydroxylation is 1. The standard InChI is InChI=1S/C24H24F2N4O5S/c1-14-2-3-17(25)21(10-14)36(34,35)29-8-6-28(7-9-29)20-11-15-13-30(24(33)16(15)12-18(20)26)19-4-5-22(31)27-23(19)32/h2-3,10-12,19H,4-9,13H2,1H3,(H,27,31,32). The number of amides is 3. The quantitative estimate of drug-likeness (QED) is 0.616. The zero-order valence-electron chi connectivity index (χ0n) is 19.5. The first-order chi connectivity index (χ1) is 17.1. The van der Waals surface area contributed by atoms with E-state index in [4.69, 9.17) is 0 Å². The van der Waals surface area contributed by atoms with E-state index in [0.29, 0.717) is 11.1 Å². The molecule has 0 aliphatic carbocycles. The highest BCUT2D eigenvalue weighted by Crippen LogP contribution is 2.33. The van der Waals surface area contributed by atoms with Crippen LogP contribution in [0.4, 0.5) is 14.5 Å². The molecule has 0 radical (unpaired) electrons. The van der Waals surface area contributed by atoms with Gasteiger partial charge < -0.3 is 9.80 Å². The van der Waals surface area contributed by atoms with Crippen molar-refractivity contribution in [1.82, 2.24) is 14.5 Å². The fourth-order valence-electron chi connectivity index (χ4n) is 4.94. The summed E-state index contributed by atoms with van der Waals surface area (Å²) in [5.74, 6) is -2.86. The lowest BCUT2D eigenvalue weighted by molar-refractivity contribution is -0.136. The molecule has 0 bridgehead atoms. The number of imide groups is 1. The van der Waals surface area contributed by atoms with Gasteiger partial charge in [0.25, 0.3) is 5.91 Å². The number of sulfonamides is 1. The van der Waals surface area contributed by atoms with Crippen molar-refractivity contribution in [3.8, 4) is 0 Å². The summed E-state index contributed by atoms with van der Waals surface area (Å²) < 4.78 is 56.5. The molecule has 2 aromatic carbocycles. The van der Waals surface area contributed by atoms with E-state index in [1.807, 2.05) is 0 Å². The Balaban J connectivity index is 1.32. The van der Waals surface area contributed by atoms with Crippen molar-refractivity contribution in [3.63, 3.8) is 0 Å². The second-order valence-corrected chi connectivity index (χ2v) is 11.1. The Hall–Kier alpha value is -3.38. The molecule has 0 saturated carbocycles. The molecule has 2 saturated heterocycles. The van der Waals surface area contributed by atoms with Gasteiger partial charge in [0.2, 0.25) is 21.8 Å². The molecule has 2 fully saturated rings. The van der Waals surface area contributed by atoms with Gasteiger partial charge in [-0.05, 0) is 48.7 Å². The van der Waals surface area contributed by atoms with E-state index >= 15 is 4.39 Å². The van der Waals surface area contributed by atoms with E-state index in [0.717, 1.165) is 12.1 Å². The molecule has 1 atom stereocenters. The highest BCUT2D eigenvalue weighted by atomic mass is 32.2.